The number of benzene rings is 2. The molecule has 1 N–H and O–H groups in total. The van der Waals surface area contributed by atoms with Crippen LogP contribution < -0.4 is 10.2 Å². The molecule has 0 bridgehead atoms. The molecular weight excluding hydrogens is 452 g/mol. The highest BCUT2D eigenvalue weighted by atomic mass is 19.3. The third-order valence-corrected chi connectivity index (χ3v) is 6.56. The average molecular weight is 478 g/mol. The molecule has 0 radical (unpaired) electrons. The number of anilines is 2. The lowest BCUT2D eigenvalue weighted by molar-refractivity contribution is 0.122. The van der Waals surface area contributed by atoms with Gasteiger partial charge in [0.05, 0.1) is 30.3 Å². The number of aromatic nitrogens is 5. The maximum Gasteiger partial charge on any atom is 0.296 e. The van der Waals surface area contributed by atoms with Crippen LogP contribution in [0.1, 0.15) is 42.3 Å². The van der Waals surface area contributed by atoms with E-state index in [1.807, 2.05) is 11.0 Å². The first-order valence-electron chi connectivity index (χ1n) is 11.9. The third-order valence-electron chi connectivity index (χ3n) is 6.56. The molecule has 10 heteroatoms. The molecule has 1 atom stereocenters. The number of alkyl halides is 2. The Labute approximate surface area is 201 Å². The van der Waals surface area contributed by atoms with Gasteiger partial charge in [0.15, 0.2) is 5.82 Å². The first-order chi connectivity index (χ1) is 17.2. The van der Waals surface area contributed by atoms with Gasteiger partial charge in [-0.2, -0.15) is 15.0 Å². The van der Waals surface area contributed by atoms with Crippen molar-refractivity contribution in [1.29, 1.82) is 0 Å². The highest BCUT2D eigenvalue weighted by Gasteiger charge is 2.26. The maximum absolute atomic E-state index is 14.0. The molecule has 1 saturated heterocycles. The molecule has 2 aromatic heterocycles. The first kappa shape index (κ1) is 21.8. The highest BCUT2D eigenvalue weighted by Crippen LogP contribution is 2.33. The topological polar surface area (TPSA) is 81.0 Å². The molecule has 0 amide bonds. The van der Waals surface area contributed by atoms with Crippen LogP contribution in [0.2, 0.25) is 0 Å². The Morgan fingerprint density at radius 2 is 1.69 bits per heavy atom. The number of morpholine rings is 1. The number of aryl methyl sites for hydroxylation is 1. The van der Waals surface area contributed by atoms with Crippen LogP contribution in [-0.4, -0.2) is 50.8 Å². The Hall–Kier alpha value is -3.66. The van der Waals surface area contributed by atoms with Gasteiger partial charge in [-0.15, -0.1) is 0 Å². The minimum atomic E-state index is -2.78. The van der Waals surface area contributed by atoms with Crippen molar-refractivity contribution >= 4 is 22.9 Å². The summed E-state index contributed by atoms with van der Waals surface area (Å²) in [7, 11) is 0. The van der Waals surface area contributed by atoms with E-state index in [-0.39, 0.29) is 17.8 Å². The molecule has 35 heavy (non-hydrogen) atoms. The van der Waals surface area contributed by atoms with Gasteiger partial charge in [0.25, 0.3) is 6.43 Å². The smallest absolute Gasteiger partial charge is 0.296 e. The van der Waals surface area contributed by atoms with E-state index in [0.29, 0.717) is 49.2 Å². The van der Waals surface area contributed by atoms with Gasteiger partial charge >= 0.3 is 0 Å². The molecule has 180 valence electrons. The van der Waals surface area contributed by atoms with E-state index >= 15 is 0 Å². The lowest BCUT2D eigenvalue weighted by atomic mass is 9.88. The molecule has 1 fully saturated rings. The quantitative estimate of drug-likeness (QED) is 0.454. The number of rotatable bonds is 5. The summed E-state index contributed by atoms with van der Waals surface area (Å²) < 4.78 is 34.9. The van der Waals surface area contributed by atoms with Gasteiger partial charge in [-0.1, -0.05) is 36.4 Å². The minimum absolute atomic E-state index is 0.0295. The molecule has 4 aromatic rings. The summed E-state index contributed by atoms with van der Waals surface area (Å²) in [6, 6.07) is 15.4. The summed E-state index contributed by atoms with van der Waals surface area (Å²) in [5.74, 6) is 0.524. The molecule has 2 aromatic carbocycles. The van der Waals surface area contributed by atoms with E-state index in [1.165, 1.54) is 15.7 Å². The number of halogens is 2. The number of imidazole rings is 1. The van der Waals surface area contributed by atoms with Crippen molar-refractivity contribution in [3.8, 4) is 5.95 Å². The van der Waals surface area contributed by atoms with Crippen molar-refractivity contribution in [2.45, 2.75) is 31.7 Å². The van der Waals surface area contributed by atoms with Crippen LogP contribution in [0.25, 0.3) is 17.0 Å². The van der Waals surface area contributed by atoms with Crippen molar-refractivity contribution in [1.82, 2.24) is 24.5 Å². The average Bonchev–Trinajstić information content (AvgIpc) is 3.30. The molecule has 2 aliphatic rings. The van der Waals surface area contributed by atoms with Crippen molar-refractivity contribution < 1.29 is 13.5 Å². The second-order valence-electron chi connectivity index (χ2n) is 8.74. The molecule has 1 aliphatic carbocycles. The first-order valence-corrected chi connectivity index (χ1v) is 11.9. The van der Waals surface area contributed by atoms with Crippen molar-refractivity contribution in [3.63, 3.8) is 0 Å². The van der Waals surface area contributed by atoms with Crippen LogP contribution in [0.5, 0.6) is 0 Å². The van der Waals surface area contributed by atoms with Gasteiger partial charge in [0.2, 0.25) is 17.8 Å². The number of nitrogens with zero attached hydrogens (tertiary/aromatic N) is 6. The summed E-state index contributed by atoms with van der Waals surface area (Å²) in [5, 5.41) is 3.47. The lowest BCUT2D eigenvalue weighted by Gasteiger charge is -2.29. The van der Waals surface area contributed by atoms with E-state index in [0.717, 1.165) is 19.3 Å². The van der Waals surface area contributed by atoms with E-state index in [4.69, 9.17) is 9.72 Å². The van der Waals surface area contributed by atoms with E-state index < -0.39 is 6.43 Å². The zero-order valence-electron chi connectivity index (χ0n) is 19.1. The zero-order chi connectivity index (χ0) is 23.8. The van der Waals surface area contributed by atoms with E-state index in [2.05, 4.69) is 38.5 Å². The molecule has 1 aliphatic heterocycles. The normalized spacial score (nSPS) is 18.1. The largest absolute Gasteiger partial charge is 0.378 e. The van der Waals surface area contributed by atoms with Crippen molar-refractivity contribution in [2.75, 3.05) is 36.5 Å². The summed E-state index contributed by atoms with van der Waals surface area (Å²) in [4.78, 5) is 20.1. The SMILES string of the molecule is FC(F)c1nc2ccccc2n1-c1nc(NC2CCCc3ccccc32)nc(N2CCOCC2)n1. The molecular formula is C25H25F2N7O. The minimum Gasteiger partial charge on any atom is -0.378 e. The molecule has 6 rings (SSSR count). The van der Waals surface area contributed by atoms with Crippen LogP contribution in [0.3, 0.4) is 0 Å². The van der Waals surface area contributed by atoms with Gasteiger partial charge in [0, 0.05) is 13.1 Å². The van der Waals surface area contributed by atoms with E-state index in [1.54, 1.807) is 24.3 Å². The van der Waals surface area contributed by atoms with Gasteiger partial charge < -0.3 is 15.0 Å². The van der Waals surface area contributed by atoms with Crippen LogP contribution >= 0.6 is 0 Å². The molecule has 3 heterocycles. The maximum atomic E-state index is 14.0. The monoisotopic (exact) mass is 477 g/mol. The van der Waals surface area contributed by atoms with Crippen LogP contribution in [0.15, 0.2) is 48.5 Å². The fourth-order valence-corrected chi connectivity index (χ4v) is 4.88. The Bertz CT molecular complexity index is 1350. The fourth-order valence-electron chi connectivity index (χ4n) is 4.88. The number of ether oxygens (including phenoxy) is 1. The summed E-state index contributed by atoms with van der Waals surface area (Å²) in [6.07, 6.45) is 0.230. The van der Waals surface area contributed by atoms with Crippen molar-refractivity contribution in [2.24, 2.45) is 0 Å². The number of hydrogen-bond acceptors (Lipinski definition) is 7. The van der Waals surface area contributed by atoms with Gasteiger partial charge in [-0.3, -0.25) is 4.57 Å². The molecule has 0 spiro atoms. The van der Waals surface area contributed by atoms with Crippen LogP contribution in [0, 0.1) is 0 Å². The highest BCUT2D eigenvalue weighted by molar-refractivity contribution is 5.77. The van der Waals surface area contributed by atoms with E-state index in [9.17, 15) is 8.78 Å². The third kappa shape index (κ3) is 4.18. The number of para-hydroxylation sites is 2. The van der Waals surface area contributed by atoms with Crippen molar-refractivity contribution in [3.05, 3.63) is 65.5 Å². The Morgan fingerprint density at radius 1 is 0.914 bits per heavy atom. The van der Waals surface area contributed by atoms with Gasteiger partial charge in [0.1, 0.15) is 0 Å². The predicted molar refractivity (Wildman–Crippen MR) is 128 cm³/mol. The predicted octanol–water partition coefficient (Wildman–Crippen LogP) is 4.47. The summed E-state index contributed by atoms with van der Waals surface area (Å²) in [6.45, 7) is 2.33. The second kappa shape index (κ2) is 9.18. The van der Waals surface area contributed by atoms with Crippen LogP contribution in [-0.2, 0) is 11.2 Å². The number of nitrogens with one attached hydrogen (secondary N) is 1. The molecule has 0 saturated carbocycles. The Balaban J connectivity index is 1.47. The number of hydrogen-bond donors (Lipinski definition) is 1. The van der Waals surface area contributed by atoms with Crippen LogP contribution in [0.4, 0.5) is 20.7 Å². The Kier molecular flexibility index (Phi) is 5.73. The lowest BCUT2D eigenvalue weighted by Crippen LogP contribution is -2.37. The fraction of sp³-hybridized carbons (Fsp3) is 0.360. The zero-order valence-corrected chi connectivity index (χ0v) is 19.1. The standard InChI is InChI=1S/C25H25F2N7O/c26-21(27)22-28-19-9-3-4-11-20(19)34(22)25-31-23(30-24(32-25)33-12-14-35-15-13-33)29-18-10-5-7-16-6-1-2-8-17(16)18/h1-4,6,8-9,11,18,21H,5,7,10,12-15H2,(H,29,30,31,32). The van der Waals surface area contributed by atoms with Gasteiger partial charge in [-0.05, 0) is 42.5 Å². The molecule has 8 nitrogen and oxygen atoms in total. The van der Waals surface area contributed by atoms with Gasteiger partial charge in [-0.25, -0.2) is 13.8 Å². The summed E-state index contributed by atoms with van der Waals surface area (Å²) in [5.41, 5.74) is 3.51. The summed E-state index contributed by atoms with van der Waals surface area (Å²) >= 11 is 0. The Morgan fingerprint density at radius 3 is 2.54 bits per heavy atom. The molecule has 1 unspecified atom stereocenters. The number of fused-ring (bicyclic) bond motifs is 2. The second-order valence-corrected chi connectivity index (χ2v) is 8.74.